The van der Waals surface area contributed by atoms with Gasteiger partial charge >= 0.3 is 0 Å². The number of rotatable bonds is 7. The smallest absolute Gasteiger partial charge is 0.262 e. The molecule has 0 aliphatic carbocycles. The lowest BCUT2D eigenvalue weighted by atomic mass is 9.98. The Morgan fingerprint density at radius 2 is 1.62 bits per heavy atom. The summed E-state index contributed by atoms with van der Waals surface area (Å²) in [6.07, 6.45) is 1.04. The second-order valence-corrected chi connectivity index (χ2v) is 6.43. The summed E-state index contributed by atoms with van der Waals surface area (Å²) in [6.45, 7) is 8.56. The second kappa shape index (κ2) is 8.53. The van der Waals surface area contributed by atoms with Gasteiger partial charge in [-0.3, -0.25) is 4.79 Å². The summed E-state index contributed by atoms with van der Waals surface area (Å²) in [6, 6.07) is 15.8. The van der Waals surface area contributed by atoms with Crippen LogP contribution in [0.4, 0.5) is 5.69 Å². The second-order valence-electron chi connectivity index (χ2n) is 6.43. The molecule has 1 unspecified atom stereocenters. The predicted octanol–water partition coefficient (Wildman–Crippen LogP) is 5.34. The molecule has 0 aromatic heterocycles. The summed E-state index contributed by atoms with van der Waals surface area (Å²) in [5.74, 6) is 1.42. The Morgan fingerprint density at radius 1 is 1.00 bits per heavy atom. The minimum absolute atomic E-state index is 0.0138. The van der Waals surface area contributed by atoms with Gasteiger partial charge in [-0.15, -0.1) is 0 Å². The first-order valence-electron chi connectivity index (χ1n) is 8.63. The Bertz CT molecular complexity index is 679. The van der Waals surface area contributed by atoms with Gasteiger partial charge in [-0.2, -0.15) is 0 Å². The van der Waals surface area contributed by atoms with Crippen molar-refractivity contribution in [2.24, 2.45) is 0 Å². The van der Waals surface area contributed by atoms with Crippen LogP contribution in [0.1, 0.15) is 57.1 Å². The molecule has 0 heterocycles. The van der Waals surface area contributed by atoms with E-state index >= 15 is 0 Å². The Hall–Kier alpha value is -2.29. The van der Waals surface area contributed by atoms with Crippen LogP contribution in [-0.2, 0) is 4.79 Å². The Labute approximate surface area is 145 Å². The average Bonchev–Trinajstić information content (AvgIpc) is 2.59. The van der Waals surface area contributed by atoms with Gasteiger partial charge in [0.2, 0.25) is 0 Å². The van der Waals surface area contributed by atoms with Crippen molar-refractivity contribution in [3.63, 3.8) is 0 Å². The number of carbonyl (C=O) groups excluding carboxylic acids is 1. The molecule has 0 spiro atoms. The fourth-order valence-corrected chi connectivity index (χ4v) is 2.68. The van der Waals surface area contributed by atoms with Crippen LogP contribution in [0.3, 0.4) is 0 Å². The van der Waals surface area contributed by atoms with E-state index in [2.05, 4.69) is 39.1 Å². The van der Waals surface area contributed by atoms with Crippen LogP contribution in [0, 0.1) is 0 Å². The molecule has 0 aliphatic rings. The number of hydrogen-bond donors (Lipinski definition) is 1. The fraction of sp³-hybridized carbons (Fsp3) is 0.381. The van der Waals surface area contributed by atoms with Gasteiger partial charge in [0.1, 0.15) is 5.75 Å². The number of para-hydroxylation sites is 2. The van der Waals surface area contributed by atoms with Crippen molar-refractivity contribution in [3.8, 4) is 5.75 Å². The number of hydrogen-bond acceptors (Lipinski definition) is 2. The molecule has 2 aromatic carbocycles. The maximum atomic E-state index is 12.3. The van der Waals surface area contributed by atoms with Crippen molar-refractivity contribution in [3.05, 3.63) is 59.7 Å². The fourth-order valence-electron chi connectivity index (χ4n) is 2.68. The molecule has 3 nitrogen and oxygen atoms in total. The maximum Gasteiger partial charge on any atom is 0.262 e. The van der Waals surface area contributed by atoms with E-state index in [0.29, 0.717) is 11.8 Å². The van der Waals surface area contributed by atoms with Crippen molar-refractivity contribution in [2.45, 2.75) is 46.0 Å². The number of carbonyl (C=O) groups is 1. The van der Waals surface area contributed by atoms with Gasteiger partial charge in [0.15, 0.2) is 6.61 Å². The summed E-state index contributed by atoms with van der Waals surface area (Å²) in [7, 11) is 0. The third-order valence-electron chi connectivity index (χ3n) is 4.28. The highest BCUT2D eigenvalue weighted by Crippen LogP contribution is 2.28. The van der Waals surface area contributed by atoms with Gasteiger partial charge in [-0.05, 0) is 41.5 Å². The summed E-state index contributed by atoms with van der Waals surface area (Å²) in [4.78, 5) is 12.3. The van der Waals surface area contributed by atoms with E-state index in [4.69, 9.17) is 4.74 Å². The zero-order valence-electron chi connectivity index (χ0n) is 15.0. The van der Waals surface area contributed by atoms with Crippen molar-refractivity contribution in [1.82, 2.24) is 0 Å². The lowest BCUT2D eigenvalue weighted by Gasteiger charge is -2.16. The topological polar surface area (TPSA) is 38.3 Å². The quantitative estimate of drug-likeness (QED) is 0.746. The average molecular weight is 325 g/mol. The molecule has 1 atom stereocenters. The van der Waals surface area contributed by atoms with Crippen LogP contribution < -0.4 is 10.1 Å². The first-order valence-corrected chi connectivity index (χ1v) is 8.63. The van der Waals surface area contributed by atoms with E-state index in [1.165, 1.54) is 0 Å². The molecule has 1 amide bonds. The minimum atomic E-state index is -0.137. The molecule has 0 saturated carbocycles. The molecule has 0 fully saturated rings. The zero-order valence-corrected chi connectivity index (χ0v) is 15.0. The number of anilines is 1. The highest BCUT2D eigenvalue weighted by molar-refractivity contribution is 5.92. The summed E-state index contributed by atoms with van der Waals surface area (Å²) < 4.78 is 5.78. The van der Waals surface area contributed by atoms with Crippen molar-refractivity contribution in [1.29, 1.82) is 0 Å². The molecular formula is C21H27NO2. The third-order valence-corrected chi connectivity index (χ3v) is 4.28. The van der Waals surface area contributed by atoms with E-state index in [9.17, 15) is 4.79 Å². The lowest BCUT2D eigenvalue weighted by molar-refractivity contribution is -0.118. The first kappa shape index (κ1) is 18.1. The molecule has 128 valence electrons. The molecule has 0 saturated heterocycles. The Morgan fingerprint density at radius 3 is 2.29 bits per heavy atom. The first-order chi connectivity index (χ1) is 11.5. The van der Waals surface area contributed by atoms with Gasteiger partial charge in [0, 0.05) is 5.69 Å². The maximum absolute atomic E-state index is 12.3. The predicted molar refractivity (Wildman–Crippen MR) is 99.8 cm³/mol. The molecule has 0 bridgehead atoms. The molecule has 3 heteroatoms. The molecule has 0 aliphatic heterocycles. The highest BCUT2D eigenvalue weighted by atomic mass is 16.5. The van der Waals surface area contributed by atoms with Crippen LogP contribution in [0.2, 0.25) is 0 Å². The number of ether oxygens (including phenoxy) is 1. The van der Waals surface area contributed by atoms with Gasteiger partial charge in [-0.25, -0.2) is 0 Å². The van der Waals surface area contributed by atoms with Crippen LogP contribution in [0.5, 0.6) is 5.75 Å². The van der Waals surface area contributed by atoms with Crippen LogP contribution >= 0.6 is 0 Å². The van der Waals surface area contributed by atoms with Crippen molar-refractivity contribution in [2.75, 3.05) is 11.9 Å². The van der Waals surface area contributed by atoms with E-state index in [0.717, 1.165) is 29.0 Å². The SMILES string of the molecule is CCC(C)c1ccccc1OCC(=O)Nc1ccccc1C(C)C. The number of nitrogens with one attached hydrogen (secondary N) is 1. The summed E-state index contributed by atoms with van der Waals surface area (Å²) in [5, 5.41) is 2.96. The van der Waals surface area contributed by atoms with E-state index < -0.39 is 0 Å². The van der Waals surface area contributed by atoms with Gasteiger partial charge in [0.05, 0.1) is 0 Å². The number of benzene rings is 2. The molecule has 0 radical (unpaired) electrons. The van der Waals surface area contributed by atoms with E-state index in [1.54, 1.807) is 0 Å². The van der Waals surface area contributed by atoms with E-state index in [-0.39, 0.29) is 12.5 Å². The highest BCUT2D eigenvalue weighted by Gasteiger charge is 2.12. The molecule has 2 aromatic rings. The lowest BCUT2D eigenvalue weighted by Crippen LogP contribution is -2.21. The largest absolute Gasteiger partial charge is 0.483 e. The van der Waals surface area contributed by atoms with Crippen LogP contribution in [-0.4, -0.2) is 12.5 Å². The van der Waals surface area contributed by atoms with Crippen LogP contribution in [0.15, 0.2) is 48.5 Å². The minimum Gasteiger partial charge on any atom is -0.483 e. The normalized spacial score (nSPS) is 12.0. The molecular weight excluding hydrogens is 298 g/mol. The van der Waals surface area contributed by atoms with Crippen LogP contribution in [0.25, 0.3) is 0 Å². The van der Waals surface area contributed by atoms with Crippen molar-refractivity contribution < 1.29 is 9.53 Å². The third kappa shape index (κ3) is 4.60. The standard InChI is InChI=1S/C21H27NO2/c1-5-16(4)18-11-7-9-13-20(18)24-14-21(23)22-19-12-8-6-10-17(19)15(2)3/h6-13,15-16H,5,14H2,1-4H3,(H,22,23). The molecule has 1 N–H and O–H groups in total. The summed E-state index contributed by atoms with van der Waals surface area (Å²) in [5.41, 5.74) is 3.14. The number of amides is 1. The van der Waals surface area contributed by atoms with Gasteiger partial charge in [-0.1, -0.05) is 64.1 Å². The zero-order chi connectivity index (χ0) is 17.5. The van der Waals surface area contributed by atoms with E-state index in [1.807, 2.05) is 42.5 Å². The summed E-state index contributed by atoms with van der Waals surface area (Å²) >= 11 is 0. The Kier molecular flexibility index (Phi) is 6.42. The Balaban J connectivity index is 2.02. The van der Waals surface area contributed by atoms with Gasteiger partial charge in [0.25, 0.3) is 5.91 Å². The molecule has 24 heavy (non-hydrogen) atoms. The van der Waals surface area contributed by atoms with Crippen molar-refractivity contribution >= 4 is 11.6 Å². The molecule has 2 rings (SSSR count). The monoisotopic (exact) mass is 325 g/mol. The van der Waals surface area contributed by atoms with Gasteiger partial charge < -0.3 is 10.1 Å².